The van der Waals surface area contributed by atoms with Crippen molar-refractivity contribution in [1.29, 1.82) is 0 Å². The maximum atomic E-state index is 12.7. The van der Waals surface area contributed by atoms with Gasteiger partial charge in [0.1, 0.15) is 5.37 Å². The molecule has 1 aromatic carbocycles. The van der Waals surface area contributed by atoms with Gasteiger partial charge in [-0.15, -0.1) is 11.8 Å². The Morgan fingerprint density at radius 2 is 2.10 bits per heavy atom. The number of carbonyl (C=O) groups is 2. The maximum Gasteiger partial charge on any atom is 0.228 e. The van der Waals surface area contributed by atoms with E-state index >= 15 is 0 Å². The molecule has 2 fully saturated rings. The fourth-order valence-corrected chi connectivity index (χ4v) is 4.31. The second kappa shape index (κ2) is 6.40. The average molecular weight is 369 g/mol. The zero-order valence-electron chi connectivity index (χ0n) is 11.5. The highest BCUT2D eigenvalue weighted by molar-refractivity contribution is 9.10. The highest BCUT2D eigenvalue weighted by Gasteiger charge is 2.35. The van der Waals surface area contributed by atoms with Crippen LogP contribution in [0.2, 0.25) is 0 Å². The molecule has 1 aromatic rings. The van der Waals surface area contributed by atoms with Gasteiger partial charge < -0.3 is 10.2 Å². The molecule has 4 nitrogen and oxygen atoms in total. The molecule has 0 bridgehead atoms. The molecule has 0 saturated carbocycles. The minimum Gasteiger partial charge on any atom is -0.355 e. The molecule has 2 atom stereocenters. The summed E-state index contributed by atoms with van der Waals surface area (Å²) in [6.07, 6.45) is 1.12. The Hall–Kier alpha value is -1.01. The number of hydrogen-bond acceptors (Lipinski definition) is 3. The number of benzene rings is 1. The van der Waals surface area contributed by atoms with Crippen molar-refractivity contribution in [2.75, 3.05) is 18.8 Å². The molecular weight excluding hydrogens is 352 g/mol. The normalized spacial score (nSPS) is 25.8. The number of carbonyl (C=O) groups excluding carboxylic acids is 2. The van der Waals surface area contributed by atoms with Crippen LogP contribution in [-0.4, -0.2) is 35.6 Å². The molecule has 2 unspecified atom stereocenters. The van der Waals surface area contributed by atoms with Crippen LogP contribution in [0.3, 0.4) is 0 Å². The van der Waals surface area contributed by atoms with Crippen LogP contribution in [0.4, 0.5) is 0 Å². The number of piperidine rings is 1. The van der Waals surface area contributed by atoms with Gasteiger partial charge in [-0.1, -0.05) is 28.1 Å². The summed E-state index contributed by atoms with van der Waals surface area (Å²) < 4.78 is 1.04. The lowest BCUT2D eigenvalue weighted by molar-refractivity contribution is -0.137. The van der Waals surface area contributed by atoms with Gasteiger partial charge in [0.15, 0.2) is 0 Å². The summed E-state index contributed by atoms with van der Waals surface area (Å²) in [4.78, 5) is 25.9. The Kier molecular flexibility index (Phi) is 4.54. The maximum absolute atomic E-state index is 12.7. The number of hydrogen-bond donors (Lipinski definition) is 1. The molecule has 2 heterocycles. The highest BCUT2D eigenvalue weighted by Crippen LogP contribution is 2.39. The van der Waals surface area contributed by atoms with Gasteiger partial charge in [-0.05, 0) is 24.1 Å². The van der Waals surface area contributed by atoms with Crippen LogP contribution in [0.25, 0.3) is 0 Å². The number of thioether (sulfide) groups is 1. The Labute approximate surface area is 136 Å². The zero-order valence-corrected chi connectivity index (χ0v) is 14.0. The van der Waals surface area contributed by atoms with E-state index in [-0.39, 0.29) is 23.1 Å². The quantitative estimate of drug-likeness (QED) is 0.872. The number of halogens is 1. The van der Waals surface area contributed by atoms with Crippen LogP contribution < -0.4 is 5.32 Å². The van der Waals surface area contributed by atoms with E-state index in [1.807, 2.05) is 17.0 Å². The van der Waals surface area contributed by atoms with Gasteiger partial charge in [0.25, 0.3) is 0 Å². The van der Waals surface area contributed by atoms with Gasteiger partial charge in [0.2, 0.25) is 11.8 Å². The Morgan fingerprint density at radius 1 is 1.33 bits per heavy atom. The molecule has 1 N–H and O–H groups in total. The SMILES string of the molecule is O=C1CCC(C(=O)N2CCSC2c2ccc(Br)cc2)CN1. The Morgan fingerprint density at radius 3 is 2.76 bits per heavy atom. The monoisotopic (exact) mass is 368 g/mol. The van der Waals surface area contributed by atoms with E-state index in [0.717, 1.165) is 22.3 Å². The van der Waals surface area contributed by atoms with Crippen molar-refractivity contribution in [3.63, 3.8) is 0 Å². The van der Waals surface area contributed by atoms with Gasteiger partial charge in [-0.25, -0.2) is 0 Å². The number of amides is 2. The van der Waals surface area contributed by atoms with Crippen molar-refractivity contribution >= 4 is 39.5 Å². The molecule has 3 rings (SSSR count). The van der Waals surface area contributed by atoms with Crippen molar-refractivity contribution in [2.24, 2.45) is 5.92 Å². The summed E-state index contributed by atoms with van der Waals surface area (Å²) in [5, 5.41) is 2.90. The van der Waals surface area contributed by atoms with Crippen molar-refractivity contribution in [2.45, 2.75) is 18.2 Å². The summed E-state index contributed by atoms with van der Waals surface area (Å²) in [6, 6.07) is 8.15. The van der Waals surface area contributed by atoms with Gasteiger partial charge in [-0.2, -0.15) is 0 Å². The lowest BCUT2D eigenvalue weighted by atomic mass is 9.97. The Balaban J connectivity index is 1.73. The van der Waals surface area contributed by atoms with E-state index in [2.05, 4.69) is 33.4 Å². The van der Waals surface area contributed by atoms with Crippen LogP contribution in [0.15, 0.2) is 28.7 Å². The van der Waals surface area contributed by atoms with E-state index in [9.17, 15) is 9.59 Å². The first kappa shape index (κ1) is 14.9. The van der Waals surface area contributed by atoms with Gasteiger partial charge in [0, 0.05) is 29.7 Å². The van der Waals surface area contributed by atoms with Crippen LogP contribution in [0.1, 0.15) is 23.8 Å². The predicted octanol–water partition coefficient (Wildman–Crippen LogP) is 2.55. The first-order valence-corrected chi connectivity index (χ1v) is 8.93. The van der Waals surface area contributed by atoms with E-state index in [1.165, 1.54) is 0 Å². The van der Waals surface area contributed by atoms with Crippen LogP contribution in [0.5, 0.6) is 0 Å². The second-order valence-electron chi connectivity index (χ2n) is 5.35. The third kappa shape index (κ3) is 3.26. The fraction of sp³-hybridized carbons (Fsp3) is 0.467. The molecule has 2 aliphatic heterocycles. The average Bonchev–Trinajstić information content (AvgIpc) is 2.97. The Bertz CT molecular complexity index is 539. The molecule has 0 spiro atoms. The van der Waals surface area contributed by atoms with E-state index in [4.69, 9.17) is 0 Å². The first-order valence-electron chi connectivity index (χ1n) is 7.09. The molecule has 21 heavy (non-hydrogen) atoms. The molecule has 2 amide bonds. The smallest absolute Gasteiger partial charge is 0.228 e. The van der Waals surface area contributed by atoms with Crippen LogP contribution in [0, 0.1) is 5.92 Å². The number of nitrogens with zero attached hydrogens (tertiary/aromatic N) is 1. The zero-order chi connectivity index (χ0) is 14.8. The predicted molar refractivity (Wildman–Crippen MR) is 86.8 cm³/mol. The van der Waals surface area contributed by atoms with Gasteiger partial charge >= 0.3 is 0 Å². The van der Waals surface area contributed by atoms with Crippen molar-refractivity contribution < 1.29 is 9.59 Å². The topological polar surface area (TPSA) is 49.4 Å². The summed E-state index contributed by atoms with van der Waals surface area (Å²) in [5.41, 5.74) is 1.16. The standard InChI is InChI=1S/C15H17BrN2O2S/c16-12-4-1-10(2-5-12)15-18(7-8-21-15)14(20)11-3-6-13(19)17-9-11/h1-2,4-5,11,15H,3,6-9H2,(H,17,19). The van der Waals surface area contributed by atoms with Crippen molar-refractivity contribution in [3.8, 4) is 0 Å². The summed E-state index contributed by atoms with van der Waals surface area (Å²) in [6.45, 7) is 1.26. The molecule has 0 aromatic heterocycles. The van der Waals surface area contributed by atoms with Crippen LogP contribution >= 0.6 is 27.7 Å². The number of nitrogens with one attached hydrogen (secondary N) is 1. The lowest BCUT2D eigenvalue weighted by Gasteiger charge is -2.30. The van der Waals surface area contributed by atoms with E-state index < -0.39 is 0 Å². The summed E-state index contributed by atoms with van der Waals surface area (Å²) >= 11 is 5.24. The summed E-state index contributed by atoms with van der Waals surface area (Å²) in [5.74, 6) is 1.12. The third-order valence-electron chi connectivity index (χ3n) is 3.94. The fourth-order valence-electron chi connectivity index (χ4n) is 2.78. The molecule has 2 aliphatic rings. The molecular formula is C15H17BrN2O2S. The lowest BCUT2D eigenvalue weighted by Crippen LogP contribution is -2.44. The highest BCUT2D eigenvalue weighted by atomic mass is 79.9. The van der Waals surface area contributed by atoms with E-state index in [1.54, 1.807) is 11.8 Å². The third-order valence-corrected chi connectivity index (χ3v) is 5.73. The largest absolute Gasteiger partial charge is 0.355 e. The van der Waals surface area contributed by atoms with Crippen molar-refractivity contribution in [1.82, 2.24) is 10.2 Å². The van der Waals surface area contributed by atoms with Gasteiger partial charge in [0.05, 0.1) is 5.92 Å². The second-order valence-corrected chi connectivity index (χ2v) is 7.45. The molecule has 112 valence electrons. The minimum atomic E-state index is -0.0700. The minimum absolute atomic E-state index is 0.0549. The van der Waals surface area contributed by atoms with Crippen LogP contribution in [-0.2, 0) is 9.59 Å². The molecule has 0 aliphatic carbocycles. The summed E-state index contributed by atoms with van der Waals surface area (Å²) in [7, 11) is 0. The first-order chi connectivity index (χ1) is 10.1. The number of rotatable bonds is 2. The molecule has 2 saturated heterocycles. The van der Waals surface area contributed by atoms with Crippen molar-refractivity contribution in [3.05, 3.63) is 34.3 Å². The van der Waals surface area contributed by atoms with E-state index in [0.29, 0.717) is 19.4 Å². The molecule has 0 radical (unpaired) electrons. The van der Waals surface area contributed by atoms with Gasteiger partial charge in [-0.3, -0.25) is 9.59 Å². The molecule has 6 heteroatoms.